The molecule has 28 heavy (non-hydrogen) atoms. The Labute approximate surface area is 163 Å². The van der Waals surface area contributed by atoms with E-state index < -0.39 is 12.2 Å². The Morgan fingerprint density at radius 2 is 2.00 bits per heavy atom. The average Bonchev–Trinajstić information content (AvgIpc) is 3.47. The topological polar surface area (TPSA) is 50.9 Å². The molecule has 0 saturated heterocycles. The van der Waals surface area contributed by atoms with Crippen LogP contribution >= 0.6 is 0 Å². The van der Waals surface area contributed by atoms with Gasteiger partial charge >= 0.3 is 6.61 Å². The van der Waals surface area contributed by atoms with Crippen LogP contribution in [0.1, 0.15) is 41.0 Å². The standard InChI is InChI=1S/C22H21F2N3O/c1-3-14-5-4-6-16(11-14)22(13-27(2)21(25)26-22)17-9-10-19(28-20(23)24)18(12-17)15-7-8-15/h1,4-6,9-12,15,20H,7-8,13H2,2H3,(H2,25,26). The van der Waals surface area contributed by atoms with Crippen LogP contribution in [0.3, 0.4) is 0 Å². The summed E-state index contributed by atoms with van der Waals surface area (Å²) in [6.45, 7) is -2.32. The third kappa shape index (κ3) is 3.18. The minimum Gasteiger partial charge on any atom is -0.435 e. The highest BCUT2D eigenvalue weighted by molar-refractivity contribution is 5.81. The van der Waals surface area contributed by atoms with Crippen molar-refractivity contribution in [3.05, 3.63) is 64.7 Å². The van der Waals surface area contributed by atoms with Crippen molar-refractivity contribution >= 4 is 5.96 Å². The summed E-state index contributed by atoms with van der Waals surface area (Å²) >= 11 is 0. The van der Waals surface area contributed by atoms with E-state index in [0.29, 0.717) is 12.5 Å². The molecule has 4 rings (SSSR count). The molecule has 1 fully saturated rings. The Bertz CT molecular complexity index is 978. The lowest BCUT2D eigenvalue weighted by Crippen LogP contribution is -2.35. The van der Waals surface area contributed by atoms with Crippen LogP contribution < -0.4 is 10.5 Å². The molecule has 1 heterocycles. The first-order valence-corrected chi connectivity index (χ1v) is 9.16. The quantitative estimate of drug-likeness (QED) is 0.805. The van der Waals surface area contributed by atoms with Crippen LogP contribution in [0.5, 0.6) is 5.75 Å². The molecule has 0 bridgehead atoms. The first kappa shape index (κ1) is 18.3. The first-order valence-electron chi connectivity index (χ1n) is 9.16. The normalized spacial score (nSPS) is 21.5. The van der Waals surface area contributed by atoms with E-state index >= 15 is 0 Å². The molecule has 0 amide bonds. The number of nitrogens with two attached hydrogens (primary N) is 1. The van der Waals surface area contributed by atoms with Crippen molar-refractivity contribution in [2.45, 2.75) is 30.9 Å². The van der Waals surface area contributed by atoms with Gasteiger partial charge in [-0.05, 0) is 59.7 Å². The van der Waals surface area contributed by atoms with E-state index in [0.717, 1.165) is 35.1 Å². The Morgan fingerprint density at radius 1 is 1.25 bits per heavy atom. The highest BCUT2D eigenvalue weighted by Crippen LogP contribution is 2.47. The van der Waals surface area contributed by atoms with E-state index in [1.807, 2.05) is 42.3 Å². The summed E-state index contributed by atoms with van der Waals surface area (Å²) in [6.07, 6.45) is 7.52. The van der Waals surface area contributed by atoms with Crippen molar-refractivity contribution in [1.29, 1.82) is 0 Å². The van der Waals surface area contributed by atoms with Crippen molar-refractivity contribution in [2.75, 3.05) is 13.6 Å². The monoisotopic (exact) mass is 381 g/mol. The van der Waals surface area contributed by atoms with Gasteiger partial charge in [-0.1, -0.05) is 24.1 Å². The summed E-state index contributed by atoms with van der Waals surface area (Å²) < 4.78 is 30.4. The van der Waals surface area contributed by atoms with Crippen molar-refractivity contribution in [3.63, 3.8) is 0 Å². The van der Waals surface area contributed by atoms with Gasteiger partial charge in [-0.3, -0.25) is 0 Å². The fraction of sp³-hybridized carbons (Fsp3) is 0.318. The lowest BCUT2D eigenvalue weighted by Gasteiger charge is -2.29. The van der Waals surface area contributed by atoms with Crippen LogP contribution in [0.15, 0.2) is 47.5 Å². The molecule has 1 aliphatic heterocycles. The maximum atomic E-state index is 12.8. The number of hydrogen-bond acceptors (Lipinski definition) is 4. The van der Waals surface area contributed by atoms with Crippen molar-refractivity contribution in [3.8, 4) is 18.1 Å². The number of aliphatic imine (C=N–C) groups is 1. The predicted molar refractivity (Wildman–Crippen MR) is 104 cm³/mol. The molecule has 1 aliphatic carbocycles. The third-order valence-corrected chi connectivity index (χ3v) is 5.39. The van der Waals surface area contributed by atoms with Crippen LogP contribution in [0.2, 0.25) is 0 Å². The van der Waals surface area contributed by atoms with Gasteiger partial charge in [0, 0.05) is 12.6 Å². The summed E-state index contributed by atoms with van der Waals surface area (Å²) in [6, 6.07) is 13.0. The molecule has 6 heteroatoms. The van der Waals surface area contributed by atoms with Gasteiger partial charge in [0.25, 0.3) is 0 Å². The highest BCUT2D eigenvalue weighted by atomic mass is 19.3. The lowest BCUT2D eigenvalue weighted by molar-refractivity contribution is -0.0504. The van der Waals surface area contributed by atoms with Gasteiger partial charge in [-0.2, -0.15) is 8.78 Å². The Hall–Kier alpha value is -3.07. The van der Waals surface area contributed by atoms with Gasteiger partial charge in [0.1, 0.15) is 11.3 Å². The smallest absolute Gasteiger partial charge is 0.387 e. The molecule has 2 aromatic carbocycles. The molecule has 2 aliphatic rings. The van der Waals surface area contributed by atoms with E-state index in [9.17, 15) is 8.78 Å². The Morgan fingerprint density at radius 3 is 2.61 bits per heavy atom. The number of hydrogen-bond donors (Lipinski definition) is 1. The zero-order valence-electron chi connectivity index (χ0n) is 15.5. The maximum Gasteiger partial charge on any atom is 0.387 e. The molecule has 1 atom stereocenters. The van der Waals surface area contributed by atoms with Crippen LogP contribution in [0.4, 0.5) is 8.78 Å². The van der Waals surface area contributed by atoms with Crippen LogP contribution in [-0.2, 0) is 5.54 Å². The Balaban J connectivity index is 1.87. The van der Waals surface area contributed by atoms with E-state index in [4.69, 9.17) is 21.9 Å². The number of terminal acetylenes is 1. The molecular formula is C22H21F2N3O. The maximum absolute atomic E-state index is 12.8. The predicted octanol–water partition coefficient (Wildman–Crippen LogP) is 3.65. The second kappa shape index (κ2) is 6.83. The van der Waals surface area contributed by atoms with Gasteiger partial charge in [-0.15, -0.1) is 6.42 Å². The third-order valence-electron chi connectivity index (χ3n) is 5.39. The zero-order chi connectivity index (χ0) is 19.9. The van der Waals surface area contributed by atoms with E-state index in [1.54, 1.807) is 12.1 Å². The molecule has 0 radical (unpaired) electrons. The van der Waals surface area contributed by atoms with Crippen molar-refractivity contribution in [2.24, 2.45) is 10.7 Å². The molecule has 144 valence electrons. The SMILES string of the molecule is C#Cc1cccc(C2(c3ccc(OC(F)F)c(C4CC4)c3)CN(C)C(N)=N2)c1. The average molecular weight is 381 g/mol. The van der Waals surface area contributed by atoms with E-state index in [2.05, 4.69) is 5.92 Å². The summed E-state index contributed by atoms with van der Waals surface area (Å²) in [4.78, 5) is 6.67. The number of nitrogens with zero attached hydrogens (tertiary/aromatic N) is 2. The molecule has 0 spiro atoms. The number of guanidine groups is 1. The minimum absolute atomic E-state index is 0.233. The van der Waals surface area contributed by atoms with Gasteiger partial charge < -0.3 is 15.4 Å². The minimum atomic E-state index is -2.85. The van der Waals surface area contributed by atoms with Gasteiger partial charge in [0.05, 0.1) is 6.54 Å². The number of ether oxygens (including phenoxy) is 1. The number of likely N-dealkylation sites (N-methyl/N-ethyl adjacent to an activating group) is 1. The molecule has 2 N–H and O–H groups in total. The second-order valence-corrected chi connectivity index (χ2v) is 7.32. The molecular weight excluding hydrogens is 360 g/mol. The molecule has 0 aromatic heterocycles. The molecule has 4 nitrogen and oxygen atoms in total. The summed E-state index contributed by atoms with van der Waals surface area (Å²) in [7, 11) is 1.88. The first-order chi connectivity index (χ1) is 13.4. The lowest BCUT2D eigenvalue weighted by atomic mass is 9.82. The van der Waals surface area contributed by atoms with Crippen molar-refractivity contribution in [1.82, 2.24) is 4.90 Å². The number of benzene rings is 2. The zero-order valence-corrected chi connectivity index (χ0v) is 15.5. The summed E-state index contributed by atoms with van der Waals surface area (Å²) in [5.74, 6) is 3.55. The van der Waals surface area contributed by atoms with E-state index in [1.165, 1.54) is 0 Å². The molecule has 1 saturated carbocycles. The van der Waals surface area contributed by atoms with E-state index in [-0.39, 0.29) is 11.7 Å². The van der Waals surface area contributed by atoms with Gasteiger partial charge in [-0.25, -0.2) is 4.99 Å². The summed E-state index contributed by atoms with van der Waals surface area (Å²) in [5, 5.41) is 0. The van der Waals surface area contributed by atoms with Gasteiger partial charge in [0.15, 0.2) is 5.96 Å². The number of halogens is 2. The number of alkyl halides is 2. The van der Waals surface area contributed by atoms with Crippen LogP contribution in [0, 0.1) is 12.3 Å². The second-order valence-electron chi connectivity index (χ2n) is 7.32. The highest BCUT2D eigenvalue weighted by Gasteiger charge is 2.42. The number of rotatable bonds is 5. The van der Waals surface area contributed by atoms with Crippen LogP contribution in [0.25, 0.3) is 0 Å². The Kier molecular flexibility index (Phi) is 4.46. The molecule has 1 unspecified atom stereocenters. The summed E-state index contributed by atoms with van der Waals surface area (Å²) in [5.41, 5.74) is 8.72. The van der Waals surface area contributed by atoms with Crippen molar-refractivity contribution < 1.29 is 13.5 Å². The largest absolute Gasteiger partial charge is 0.435 e. The van der Waals surface area contributed by atoms with Gasteiger partial charge in [0.2, 0.25) is 0 Å². The fourth-order valence-electron chi connectivity index (χ4n) is 3.81. The van der Waals surface area contributed by atoms with Crippen LogP contribution in [-0.4, -0.2) is 31.1 Å². The fourth-order valence-corrected chi connectivity index (χ4v) is 3.81. The molecule has 2 aromatic rings.